The van der Waals surface area contributed by atoms with Gasteiger partial charge < -0.3 is 15.9 Å². The number of hydrogen-bond acceptors (Lipinski definition) is 4. The highest BCUT2D eigenvalue weighted by molar-refractivity contribution is 7.80. The van der Waals surface area contributed by atoms with E-state index in [0.717, 1.165) is 0 Å². The average Bonchev–Trinajstić information content (AvgIpc) is 2.08. The third-order valence-corrected chi connectivity index (χ3v) is 1.48. The summed E-state index contributed by atoms with van der Waals surface area (Å²) in [5, 5.41) is 22.0. The molecule has 1 aromatic carbocycles. The van der Waals surface area contributed by atoms with E-state index in [1.807, 2.05) is 0 Å². The summed E-state index contributed by atoms with van der Waals surface area (Å²) >= 11 is 4.51. The molecule has 0 heterocycles. The van der Waals surface area contributed by atoms with E-state index in [2.05, 4.69) is 22.7 Å². The molecule has 74 valence electrons. The highest BCUT2D eigenvalue weighted by Crippen LogP contribution is 2.20. The van der Waals surface area contributed by atoms with Crippen LogP contribution >= 0.6 is 12.2 Å². The Hall–Kier alpha value is -1.82. The van der Waals surface area contributed by atoms with E-state index in [1.165, 1.54) is 24.4 Å². The lowest BCUT2D eigenvalue weighted by Gasteiger charge is -1.99. The van der Waals surface area contributed by atoms with Crippen LogP contribution in [0.4, 0.5) is 0 Å². The first-order valence-electron chi connectivity index (χ1n) is 3.70. The monoisotopic (exact) mass is 211 g/mol. The minimum Gasteiger partial charge on any atom is -0.508 e. The van der Waals surface area contributed by atoms with Crippen LogP contribution < -0.4 is 11.2 Å². The third kappa shape index (κ3) is 2.91. The van der Waals surface area contributed by atoms with E-state index in [4.69, 9.17) is 10.8 Å². The second kappa shape index (κ2) is 4.43. The van der Waals surface area contributed by atoms with Crippen LogP contribution in [-0.4, -0.2) is 21.5 Å². The lowest BCUT2D eigenvalue weighted by molar-refractivity contribution is 0.450. The molecule has 0 aliphatic rings. The van der Waals surface area contributed by atoms with Crippen molar-refractivity contribution in [3.63, 3.8) is 0 Å². The second-order valence-electron chi connectivity index (χ2n) is 2.48. The van der Waals surface area contributed by atoms with Crippen LogP contribution in [0.2, 0.25) is 0 Å². The van der Waals surface area contributed by atoms with Crippen molar-refractivity contribution in [3.8, 4) is 11.5 Å². The van der Waals surface area contributed by atoms with Crippen molar-refractivity contribution < 1.29 is 10.2 Å². The number of phenolic OH excluding ortho intramolecular Hbond substituents is 2. The summed E-state index contributed by atoms with van der Waals surface area (Å²) in [7, 11) is 0. The number of benzene rings is 1. The lowest BCUT2D eigenvalue weighted by atomic mass is 10.2. The Labute approximate surface area is 85.9 Å². The third-order valence-electron chi connectivity index (χ3n) is 1.39. The Bertz CT molecular complexity index is 379. The Morgan fingerprint density at radius 1 is 1.50 bits per heavy atom. The van der Waals surface area contributed by atoms with Gasteiger partial charge in [-0.2, -0.15) is 5.10 Å². The number of aromatic hydroxyl groups is 2. The molecule has 0 fully saturated rings. The molecule has 0 saturated heterocycles. The van der Waals surface area contributed by atoms with Gasteiger partial charge in [-0.15, -0.1) is 0 Å². The van der Waals surface area contributed by atoms with Crippen molar-refractivity contribution >= 4 is 23.5 Å². The molecule has 5 N–H and O–H groups in total. The zero-order valence-electron chi connectivity index (χ0n) is 7.14. The number of phenols is 2. The van der Waals surface area contributed by atoms with Gasteiger partial charge in [-0.25, -0.2) is 0 Å². The molecule has 5 nitrogen and oxygen atoms in total. The van der Waals surface area contributed by atoms with E-state index in [9.17, 15) is 5.11 Å². The first-order valence-corrected chi connectivity index (χ1v) is 4.11. The quantitative estimate of drug-likeness (QED) is 0.320. The molecule has 0 amide bonds. The molecule has 1 aromatic rings. The van der Waals surface area contributed by atoms with Gasteiger partial charge in [0, 0.05) is 11.6 Å². The number of nitrogens with one attached hydrogen (secondary N) is 1. The van der Waals surface area contributed by atoms with Crippen molar-refractivity contribution in [2.24, 2.45) is 10.8 Å². The standard InChI is InChI=1S/C8H9N3O2S/c9-8(14)11-10-4-5-1-2-6(12)3-7(5)13/h1-4,12-13H,(H3,9,11,14). The summed E-state index contributed by atoms with van der Waals surface area (Å²) in [6.45, 7) is 0. The molecule has 14 heavy (non-hydrogen) atoms. The average molecular weight is 211 g/mol. The predicted molar refractivity (Wildman–Crippen MR) is 57.3 cm³/mol. The van der Waals surface area contributed by atoms with Crippen LogP contribution in [0.3, 0.4) is 0 Å². The number of thiocarbonyl (C=S) groups is 1. The van der Waals surface area contributed by atoms with Crippen molar-refractivity contribution in [1.82, 2.24) is 5.43 Å². The molecule has 0 atom stereocenters. The molecule has 0 radical (unpaired) electrons. The van der Waals surface area contributed by atoms with Crippen molar-refractivity contribution in [1.29, 1.82) is 0 Å². The van der Waals surface area contributed by atoms with Crippen molar-refractivity contribution in [3.05, 3.63) is 23.8 Å². The van der Waals surface area contributed by atoms with E-state index in [1.54, 1.807) is 0 Å². The summed E-state index contributed by atoms with van der Waals surface area (Å²) in [5.41, 5.74) is 7.91. The fourth-order valence-electron chi connectivity index (χ4n) is 0.807. The fraction of sp³-hybridized carbons (Fsp3) is 0. The molecular weight excluding hydrogens is 202 g/mol. The fourth-order valence-corrected chi connectivity index (χ4v) is 0.859. The van der Waals surface area contributed by atoms with Gasteiger partial charge >= 0.3 is 0 Å². The first kappa shape index (κ1) is 10.3. The van der Waals surface area contributed by atoms with Gasteiger partial charge in [-0.05, 0) is 24.4 Å². The largest absolute Gasteiger partial charge is 0.508 e. The number of hydrazone groups is 1. The Kier molecular flexibility index (Phi) is 3.24. The smallest absolute Gasteiger partial charge is 0.184 e. The van der Waals surface area contributed by atoms with Crippen LogP contribution in [0.25, 0.3) is 0 Å². The van der Waals surface area contributed by atoms with Crippen LogP contribution in [0.5, 0.6) is 11.5 Å². The summed E-state index contributed by atoms with van der Waals surface area (Å²) in [5.74, 6) is -0.0829. The summed E-state index contributed by atoms with van der Waals surface area (Å²) < 4.78 is 0. The van der Waals surface area contributed by atoms with Crippen LogP contribution in [-0.2, 0) is 0 Å². The maximum atomic E-state index is 9.31. The molecule has 0 saturated carbocycles. The second-order valence-corrected chi connectivity index (χ2v) is 2.92. The van der Waals surface area contributed by atoms with Crippen LogP contribution in [0.15, 0.2) is 23.3 Å². The van der Waals surface area contributed by atoms with Crippen LogP contribution in [0.1, 0.15) is 5.56 Å². The normalized spacial score (nSPS) is 10.3. The van der Waals surface area contributed by atoms with Gasteiger partial charge in [-0.3, -0.25) is 5.43 Å². The maximum Gasteiger partial charge on any atom is 0.184 e. The molecule has 0 bridgehead atoms. The molecule has 0 spiro atoms. The highest BCUT2D eigenvalue weighted by atomic mass is 32.1. The molecule has 0 unspecified atom stereocenters. The number of nitrogens with two attached hydrogens (primary N) is 1. The minimum atomic E-state index is -0.0708. The van der Waals surface area contributed by atoms with E-state index >= 15 is 0 Å². The van der Waals surface area contributed by atoms with Gasteiger partial charge in [-0.1, -0.05) is 0 Å². The molecule has 0 aromatic heterocycles. The highest BCUT2D eigenvalue weighted by Gasteiger charge is 1.98. The summed E-state index contributed by atoms with van der Waals surface area (Å²) in [6.07, 6.45) is 1.34. The molecule has 0 aliphatic heterocycles. The van der Waals surface area contributed by atoms with Gasteiger partial charge in [0.15, 0.2) is 5.11 Å². The van der Waals surface area contributed by atoms with Gasteiger partial charge in [0.1, 0.15) is 11.5 Å². The van der Waals surface area contributed by atoms with Gasteiger partial charge in [0.2, 0.25) is 0 Å². The molecule has 0 aliphatic carbocycles. The zero-order chi connectivity index (χ0) is 10.6. The maximum absolute atomic E-state index is 9.31. The van der Waals surface area contributed by atoms with E-state index < -0.39 is 0 Å². The van der Waals surface area contributed by atoms with Crippen LogP contribution in [0, 0.1) is 0 Å². The zero-order valence-corrected chi connectivity index (χ0v) is 7.95. The molecule has 6 heteroatoms. The number of nitrogens with zero attached hydrogens (tertiary/aromatic N) is 1. The predicted octanol–water partition coefficient (Wildman–Crippen LogP) is 0.265. The Balaban J connectivity index is 2.76. The lowest BCUT2D eigenvalue weighted by Crippen LogP contribution is -2.23. The van der Waals surface area contributed by atoms with Crippen molar-refractivity contribution in [2.45, 2.75) is 0 Å². The van der Waals surface area contributed by atoms with E-state index in [0.29, 0.717) is 5.56 Å². The Morgan fingerprint density at radius 2 is 2.21 bits per heavy atom. The van der Waals surface area contributed by atoms with Gasteiger partial charge in [0.05, 0.1) is 6.21 Å². The topological polar surface area (TPSA) is 90.9 Å². The number of rotatable bonds is 2. The molecular formula is C8H9N3O2S. The Morgan fingerprint density at radius 3 is 2.79 bits per heavy atom. The number of hydrogen-bond donors (Lipinski definition) is 4. The SMILES string of the molecule is NC(=S)NN=Cc1ccc(O)cc1O. The summed E-state index contributed by atoms with van der Waals surface area (Å²) in [6, 6.07) is 4.15. The summed E-state index contributed by atoms with van der Waals surface area (Å²) in [4.78, 5) is 0. The minimum absolute atomic E-state index is 0.0121. The molecule has 1 rings (SSSR count). The van der Waals surface area contributed by atoms with Crippen molar-refractivity contribution in [2.75, 3.05) is 0 Å². The van der Waals surface area contributed by atoms with Gasteiger partial charge in [0.25, 0.3) is 0 Å². The first-order chi connectivity index (χ1) is 6.59. The van der Waals surface area contributed by atoms with E-state index in [-0.39, 0.29) is 16.6 Å².